The first-order valence-electron chi connectivity index (χ1n) is 6.38. The number of fused-ring (bicyclic) bond motifs is 1. The lowest BCUT2D eigenvalue weighted by atomic mass is 9.97. The Balaban J connectivity index is 2.12. The average Bonchev–Trinajstić information content (AvgIpc) is 2.94. The fourth-order valence-corrected chi connectivity index (χ4v) is 2.59. The number of hydrogen-bond acceptors (Lipinski definition) is 2. The van der Waals surface area contributed by atoms with Crippen molar-refractivity contribution in [3.05, 3.63) is 59.9 Å². The highest BCUT2D eigenvalue weighted by Crippen LogP contribution is 2.31. The number of hydrogen-bond donors (Lipinski definition) is 1. The van der Waals surface area contributed by atoms with E-state index in [1.54, 1.807) is 0 Å². The van der Waals surface area contributed by atoms with Gasteiger partial charge < -0.3 is 10.1 Å². The summed E-state index contributed by atoms with van der Waals surface area (Å²) >= 11 is 0. The average molecular weight is 239 g/mol. The fourth-order valence-electron chi connectivity index (χ4n) is 2.59. The Bertz CT molecular complexity index is 583. The maximum atomic E-state index is 5.71. The van der Waals surface area contributed by atoms with Gasteiger partial charge in [0.25, 0.3) is 0 Å². The van der Waals surface area contributed by atoms with Crippen molar-refractivity contribution in [1.82, 2.24) is 5.32 Å². The van der Waals surface area contributed by atoms with Crippen LogP contribution in [0.1, 0.15) is 18.0 Å². The molecule has 2 aromatic rings. The summed E-state index contributed by atoms with van der Waals surface area (Å²) in [5.41, 5.74) is 1.28. The van der Waals surface area contributed by atoms with Crippen LogP contribution in [0.2, 0.25) is 0 Å². The molecule has 92 valence electrons. The molecule has 1 unspecified atom stereocenters. The molecule has 1 aliphatic heterocycles. The van der Waals surface area contributed by atoms with Gasteiger partial charge in [0.2, 0.25) is 0 Å². The van der Waals surface area contributed by atoms with Crippen molar-refractivity contribution in [2.24, 2.45) is 0 Å². The molecule has 1 aliphatic rings. The largest absolute Gasteiger partial charge is 0.496 e. The van der Waals surface area contributed by atoms with Gasteiger partial charge in [0.15, 0.2) is 0 Å². The third-order valence-electron chi connectivity index (χ3n) is 3.44. The lowest BCUT2D eigenvalue weighted by Gasteiger charge is -2.19. The summed E-state index contributed by atoms with van der Waals surface area (Å²) in [7, 11) is 1.98. The summed E-state index contributed by atoms with van der Waals surface area (Å²) in [5.74, 6) is 1.05. The van der Waals surface area contributed by atoms with Gasteiger partial charge in [-0.1, -0.05) is 42.5 Å². The molecule has 1 N–H and O–H groups in total. The van der Waals surface area contributed by atoms with E-state index in [1.807, 2.05) is 7.05 Å². The van der Waals surface area contributed by atoms with E-state index in [0.717, 1.165) is 18.8 Å². The number of benzene rings is 2. The van der Waals surface area contributed by atoms with E-state index in [2.05, 4.69) is 53.9 Å². The normalized spacial score (nSPS) is 16.4. The summed E-state index contributed by atoms with van der Waals surface area (Å²) in [5, 5.41) is 5.92. The van der Waals surface area contributed by atoms with Crippen molar-refractivity contribution >= 4 is 10.8 Å². The first kappa shape index (κ1) is 11.3. The molecule has 0 amide bonds. The van der Waals surface area contributed by atoms with Crippen molar-refractivity contribution in [2.45, 2.75) is 12.5 Å². The van der Waals surface area contributed by atoms with Crippen LogP contribution in [0.15, 0.2) is 54.3 Å². The van der Waals surface area contributed by atoms with Crippen LogP contribution >= 0.6 is 0 Å². The number of nitrogens with one attached hydrogen (secondary N) is 1. The zero-order chi connectivity index (χ0) is 12.4. The Labute approximate surface area is 107 Å². The van der Waals surface area contributed by atoms with E-state index in [4.69, 9.17) is 4.74 Å². The molecule has 2 nitrogen and oxygen atoms in total. The van der Waals surface area contributed by atoms with E-state index in [9.17, 15) is 0 Å². The van der Waals surface area contributed by atoms with Gasteiger partial charge in [-0.25, -0.2) is 0 Å². The Morgan fingerprint density at radius 2 is 1.94 bits per heavy atom. The van der Waals surface area contributed by atoms with Gasteiger partial charge >= 0.3 is 0 Å². The summed E-state index contributed by atoms with van der Waals surface area (Å²) in [6.07, 6.45) is 3.20. The van der Waals surface area contributed by atoms with Crippen LogP contribution in [0, 0.1) is 0 Å². The topological polar surface area (TPSA) is 21.3 Å². The second-order valence-electron chi connectivity index (χ2n) is 4.53. The molecule has 2 heteroatoms. The minimum Gasteiger partial charge on any atom is -0.496 e. The van der Waals surface area contributed by atoms with Gasteiger partial charge in [0.1, 0.15) is 5.76 Å². The second kappa shape index (κ2) is 4.83. The third kappa shape index (κ3) is 1.89. The van der Waals surface area contributed by atoms with E-state index >= 15 is 0 Å². The van der Waals surface area contributed by atoms with Crippen LogP contribution in [0.5, 0.6) is 0 Å². The van der Waals surface area contributed by atoms with E-state index in [-0.39, 0.29) is 6.04 Å². The van der Waals surface area contributed by atoms with Crippen molar-refractivity contribution in [1.29, 1.82) is 0 Å². The van der Waals surface area contributed by atoms with Crippen LogP contribution < -0.4 is 5.32 Å². The molecule has 0 aliphatic carbocycles. The highest BCUT2D eigenvalue weighted by molar-refractivity contribution is 5.86. The maximum Gasteiger partial charge on any atom is 0.114 e. The van der Waals surface area contributed by atoms with Gasteiger partial charge in [-0.2, -0.15) is 0 Å². The predicted molar refractivity (Wildman–Crippen MR) is 74.4 cm³/mol. The first-order valence-corrected chi connectivity index (χ1v) is 6.38. The minimum absolute atomic E-state index is 0.151. The molecule has 1 atom stereocenters. The van der Waals surface area contributed by atoms with Crippen LogP contribution in [0.25, 0.3) is 10.8 Å². The molecular weight excluding hydrogens is 222 g/mol. The molecular formula is C16H17NO. The summed E-state index contributed by atoms with van der Waals surface area (Å²) in [4.78, 5) is 0. The number of rotatable bonds is 3. The van der Waals surface area contributed by atoms with Crippen LogP contribution in [0.3, 0.4) is 0 Å². The molecule has 18 heavy (non-hydrogen) atoms. The van der Waals surface area contributed by atoms with Crippen LogP contribution in [-0.2, 0) is 4.74 Å². The standard InChI is InChI=1S/C16H17NO/c1-17-16(15-10-5-11-18-15)14-9-4-7-12-6-2-3-8-13(12)14/h2-4,6-10,16-17H,5,11H2,1H3. The lowest BCUT2D eigenvalue weighted by Crippen LogP contribution is -2.19. The summed E-state index contributed by atoms with van der Waals surface area (Å²) in [6, 6.07) is 15.1. The highest BCUT2D eigenvalue weighted by Gasteiger charge is 2.20. The Morgan fingerprint density at radius 3 is 2.72 bits per heavy atom. The Hall–Kier alpha value is -1.80. The van der Waals surface area contributed by atoms with Crippen molar-refractivity contribution in [3.8, 4) is 0 Å². The fraction of sp³-hybridized carbons (Fsp3) is 0.250. The molecule has 0 saturated carbocycles. The molecule has 0 fully saturated rings. The van der Waals surface area contributed by atoms with Crippen molar-refractivity contribution < 1.29 is 4.74 Å². The third-order valence-corrected chi connectivity index (χ3v) is 3.44. The predicted octanol–water partition coefficient (Wildman–Crippen LogP) is 3.40. The molecule has 0 spiro atoms. The Morgan fingerprint density at radius 1 is 1.11 bits per heavy atom. The molecule has 0 saturated heterocycles. The molecule has 3 rings (SSSR count). The van der Waals surface area contributed by atoms with Crippen LogP contribution in [0.4, 0.5) is 0 Å². The smallest absolute Gasteiger partial charge is 0.114 e. The second-order valence-corrected chi connectivity index (χ2v) is 4.53. The Kier molecular flexibility index (Phi) is 3.03. The zero-order valence-corrected chi connectivity index (χ0v) is 10.5. The zero-order valence-electron chi connectivity index (χ0n) is 10.5. The summed E-state index contributed by atoms with van der Waals surface area (Å²) < 4.78 is 5.71. The van der Waals surface area contributed by atoms with Gasteiger partial charge in [0.05, 0.1) is 12.6 Å². The number of ether oxygens (including phenoxy) is 1. The highest BCUT2D eigenvalue weighted by atomic mass is 16.5. The molecule has 1 heterocycles. The van der Waals surface area contributed by atoms with Crippen LogP contribution in [-0.4, -0.2) is 13.7 Å². The quantitative estimate of drug-likeness (QED) is 0.886. The van der Waals surface area contributed by atoms with E-state index < -0.39 is 0 Å². The summed E-state index contributed by atoms with van der Waals surface area (Å²) in [6.45, 7) is 0.804. The SMILES string of the molecule is CNC(C1=CCCO1)c1cccc2ccccc12. The maximum absolute atomic E-state index is 5.71. The van der Waals surface area contributed by atoms with Crippen molar-refractivity contribution in [2.75, 3.05) is 13.7 Å². The van der Waals surface area contributed by atoms with Gasteiger partial charge in [-0.3, -0.25) is 0 Å². The minimum atomic E-state index is 0.151. The van der Waals surface area contributed by atoms with E-state index in [1.165, 1.54) is 16.3 Å². The first-order chi connectivity index (χ1) is 8.90. The van der Waals surface area contributed by atoms with E-state index in [0.29, 0.717) is 0 Å². The lowest BCUT2D eigenvalue weighted by molar-refractivity contribution is 0.218. The number of likely N-dealkylation sites (N-methyl/N-ethyl adjacent to an activating group) is 1. The van der Waals surface area contributed by atoms with Gasteiger partial charge in [0, 0.05) is 6.42 Å². The monoisotopic (exact) mass is 239 g/mol. The molecule has 0 radical (unpaired) electrons. The van der Waals surface area contributed by atoms with Gasteiger partial charge in [-0.05, 0) is 29.5 Å². The van der Waals surface area contributed by atoms with Gasteiger partial charge in [-0.15, -0.1) is 0 Å². The molecule has 0 aromatic heterocycles. The van der Waals surface area contributed by atoms with Crippen molar-refractivity contribution in [3.63, 3.8) is 0 Å². The molecule has 2 aromatic carbocycles. The molecule has 0 bridgehead atoms.